The largest absolute Gasteiger partial charge is 0.479 e. The van der Waals surface area contributed by atoms with Crippen molar-refractivity contribution >= 4 is 39.4 Å². The second-order valence-electron chi connectivity index (χ2n) is 5.89. The Bertz CT molecular complexity index is 1180. The number of thioether (sulfide) groups is 1. The zero-order valence-electron chi connectivity index (χ0n) is 15.3. The maximum absolute atomic E-state index is 12.8. The van der Waals surface area contributed by atoms with Crippen molar-refractivity contribution in [3.05, 3.63) is 44.6 Å². The number of fused-ring (bicyclic) bond motifs is 2. The molecule has 0 aliphatic carbocycles. The molecule has 0 fully saturated rings. The molecule has 8 nitrogen and oxygen atoms in total. The lowest BCUT2D eigenvalue weighted by Gasteiger charge is -2.14. The van der Waals surface area contributed by atoms with E-state index in [9.17, 15) is 9.59 Å². The number of hydrogen-bond acceptors (Lipinski definition) is 8. The Balaban J connectivity index is 1.96. The number of aromatic nitrogens is 4. The number of nitriles is 1. The summed E-state index contributed by atoms with van der Waals surface area (Å²) in [5.41, 5.74) is 0.656. The van der Waals surface area contributed by atoms with Gasteiger partial charge in [-0.1, -0.05) is 11.8 Å². The Hall–Kier alpha value is -2.77. The highest BCUT2D eigenvalue weighted by Gasteiger charge is 2.20. The van der Waals surface area contributed by atoms with E-state index in [2.05, 4.69) is 16.0 Å². The van der Waals surface area contributed by atoms with Crippen LogP contribution in [0.2, 0.25) is 0 Å². The summed E-state index contributed by atoms with van der Waals surface area (Å²) in [5, 5.41) is 9.08. The molecule has 0 atom stereocenters. The molecule has 0 unspecified atom stereocenters. The van der Waals surface area contributed by atoms with Gasteiger partial charge < -0.3 is 9.30 Å². The highest BCUT2D eigenvalue weighted by Crippen LogP contribution is 2.20. The number of ether oxygens (including phenoxy) is 1. The van der Waals surface area contributed by atoms with Crippen LogP contribution in [0.5, 0.6) is 0 Å². The summed E-state index contributed by atoms with van der Waals surface area (Å²) in [6.07, 6.45) is 0.561. The van der Waals surface area contributed by atoms with Crippen molar-refractivity contribution in [1.29, 1.82) is 5.26 Å². The molecule has 0 saturated heterocycles. The molecule has 0 saturated carbocycles. The van der Waals surface area contributed by atoms with Gasteiger partial charge in [0.2, 0.25) is 4.38 Å². The molecule has 2 aliphatic heterocycles. The molecule has 0 spiro atoms. The average molecular weight is 416 g/mol. The van der Waals surface area contributed by atoms with E-state index < -0.39 is 11.2 Å². The van der Waals surface area contributed by atoms with Gasteiger partial charge in [-0.25, -0.2) is 9.78 Å². The van der Waals surface area contributed by atoms with Crippen molar-refractivity contribution in [3.63, 3.8) is 0 Å². The molecule has 2 aliphatic rings. The number of hydrogen-bond donors (Lipinski definition) is 0. The third kappa shape index (κ3) is 3.90. The Labute approximate surface area is 170 Å². The Morgan fingerprint density at radius 2 is 2.14 bits per heavy atom. The van der Waals surface area contributed by atoms with Gasteiger partial charge in [0, 0.05) is 19.3 Å². The number of nitrogens with zero attached hydrogens (tertiary/aromatic N) is 5. The lowest BCUT2D eigenvalue weighted by molar-refractivity contribution is 0.346. The van der Waals surface area contributed by atoms with Gasteiger partial charge in [-0.05, 0) is 43.8 Å². The van der Waals surface area contributed by atoms with Crippen LogP contribution in [0.1, 0.15) is 18.9 Å². The first-order chi connectivity index (χ1) is 13.5. The molecular weight excluding hydrogens is 398 g/mol. The van der Waals surface area contributed by atoms with Gasteiger partial charge in [0.25, 0.3) is 5.56 Å². The lowest BCUT2D eigenvalue weighted by Crippen LogP contribution is -2.38. The van der Waals surface area contributed by atoms with Crippen LogP contribution in [0, 0.1) is 11.3 Å². The van der Waals surface area contributed by atoms with Gasteiger partial charge in [0.1, 0.15) is 0 Å². The summed E-state index contributed by atoms with van der Waals surface area (Å²) < 4.78 is 8.34. The molecule has 2 heterocycles. The average Bonchev–Trinajstić information content (AvgIpc) is 2.68. The van der Waals surface area contributed by atoms with E-state index in [1.807, 2.05) is 6.92 Å². The van der Waals surface area contributed by atoms with E-state index in [1.165, 1.54) is 11.8 Å². The standard InChI is InChI=1S/C18H17N5O3S2/c1-3-26-18(27)28-8-4-7-23-16(24)14-15(21-17(23)25)22(2)13-9-11(10-19)5-6-12(13)20-14/h5-6,9H,3-4,7-8H2,1-2H3. The maximum Gasteiger partial charge on any atom is 0.352 e. The molecule has 144 valence electrons. The molecule has 0 aromatic heterocycles. The maximum atomic E-state index is 12.8. The smallest absolute Gasteiger partial charge is 0.352 e. The van der Waals surface area contributed by atoms with Gasteiger partial charge in [-0.3, -0.25) is 9.36 Å². The van der Waals surface area contributed by atoms with E-state index in [0.29, 0.717) is 39.8 Å². The number of benzene rings is 1. The molecule has 1 aromatic rings. The summed E-state index contributed by atoms with van der Waals surface area (Å²) in [6.45, 7) is 2.59. The highest BCUT2D eigenvalue weighted by atomic mass is 32.2. The third-order valence-electron chi connectivity index (χ3n) is 4.12. The van der Waals surface area contributed by atoms with Crippen molar-refractivity contribution < 1.29 is 4.74 Å². The first-order valence-corrected chi connectivity index (χ1v) is 9.96. The van der Waals surface area contributed by atoms with Crippen LogP contribution in [-0.4, -0.2) is 35.8 Å². The van der Waals surface area contributed by atoms with Crippen molar-refractivity contribution in [3.8, 4) is 17.6 Å². The highest BCUT2D eigenvalue weighted by molar-refractivity contribution is 8.22. The van der Waals surface area contributed by atoms with Crippen LogP contribution in [-0.2, 0) is 18.3 Å². The molecule has 0 radical (unpaired) electrons. The van der Waals surface area contributed by atoms with Crippen LogP contribution < -0.4 is 11.2 Å². The predicted molar refractivity (Wildman–Crippen MR) is 112 cm³/mol. The lowest BCUT2D eigenvalue weighted by atomic mass is 10.2. The van der Waals surface area contributed by atoms with E-state index in [-0.39, 0.29) is 18.1 Å². The van der Waals surface area contributed by atoms with Crippen molar-refractivity contribution in [2.75, 3.05) is 12.4 Å². The fourth-order valence-electron chi connectivity index (χ4n) is 2.77. The van der Waals surface area contributed by atoms with Crippen LogP contribution in [0.3, 0.4) is 0 Å². The van der Waals surface area contributed by atoms with Crippen molar-refractivity contribution in [2.45, 2.75) is 19.9 Å². The van der Waals surface area contributed by atoms with Crippen LogP contribution >= 0.6 is 24.0 Å². The first kappa shape index (κ1) is 20.0. The number of thiocarbonyl (C=S) groups is 1. The van der Waals surface area contributed by atoms with Crippen molar-refractivity contribution in [1.82, 2.24) is 19.1 Å². The topological polar surface area (TPSA) is 103 Å². The normalized spacial score (nSPS) is 10.9. The quantitative estimate of drug-likeness (QED) is 0.354. The SMILES string of the molecule is CCOC(=S)SCCCn1c(=O)nc2n(C)c3cc(C#N)ccc3nc-2c1=O. The second-order valence-corrected chi connectivity index (χ2v) is 7.59. The van der Waals surface area contributed by atoms with E-state index in [4.69, 9.17) is 22.2 Å². The van der Waals surface area contributed by atoms with Crippen LogP contribution in [0.25, 0.3) is 22.6 Å². The van der Waals surface area contributed by atoms with E-state index in [0.717, 1.165) is 4.57 Å². The zero-order chi connectivity index (χ0) is 20.3. The Kier molecular flexibility index (Phi) is 6.06. The molecule has 28 heavy (non-hydrogen) atoms. The second kappa shape index (κ2) is 8.50. The fourth-order valence-corrected chi connectivity index (χ4v) is 3.78. The summed E-state index contributed by atoms with van der Waals surface area (Å²) in [6, 6.07) is 7.02. The van der Waals surface area contributed by atoms with Gasteiger partial charge >= 0.3 is 5.69 Å². The van der Waals surface area contributed by atoms with E-state index in [1.54, 1.807) is 29.8 Å². The molecular formula is C18H17N5O3S2. The summed E-state index contributed by atoms with van der Waals surface area (Å²) in [7, 11) is 1.69. The van der Waals surface area contributed by atoms with E-state index >= 15 is 0 Å². The molecule has 3 rings (SSSR count). The van der Waals surface area contributed by atoms with Gasteiger partial charge in [0.05, 0.1) is 29.3 Å². The number of rotatable bonds is 5. The molecule has 0 bridgehead atoms. The van der Waals surface area contributed by atoms with Crippen molar-refractivity contribution in [2.24, 2.45) is 7.05 Å². The van der Waals surface area contributed by atoms with Gasteiger partial charge in [-0.2, -0.15) is 10.2 Å². The molecule has 1 aromatic carbocycles. The first-order valence-electron chi connectivity index (χ1n) is 8.57. The summed E-state index contributed by atoms with van der Waals surface area (Å²) >= 11 is 6.41. The van der Waals surface area contributed by atoms with Gasteiger partial charge in [-0.15, -0.1) is 0 Å². The predicted octanol–water partition coefficient (Wildman–Crippen LogP) is 1.91. The summed E-state index contributed by atoms with van der Waals surface area (Å²) in [5.74, 6) is 0.819. The van der Waals surface area contributed by atoms with Crippen LogP contribution in [0.15, 0.2) is 27.8 Å². The minimum absolute atomic E-state index is 0.122. The number of aryl methyl sites for hydroxylation is 1. The Morgan fingerprint density at radius 3 is 2.86 bits per heavy atom. The summed E-state index contributed by atoms with van der Waals surface area (Å²) in [4.78, 5) is 33.7. The molecule has 0 N–H and O–H groups in total. The molecule has 0 amide bonds. The Morgan fingerprint density at radius 1 is 1.36 bits per heavy atom. The third-order valence-corrected chi connectivity index (χ3v) is 5.43. The minimum Gasteiger partial charge on any atom is -0.479 e. The van der Waals surface area contributed by atoms with Crippen LogP contribution in [0.4, 0.5) is 0 Å². The zero-order valence-corrected chi connectivity index (χ0v) is 17.0. The minimum atomic E-state index is -0.622. The molecule has 10 heteroatoms. The van der Waals surface area contributed by atoms with Gasteiger partial charge in [0.15, 0.2) is 11.5 Å². The monoisotopic (exact) mass is 415 g/mol. The fraction of sp³-hybridized carbons (Fsp3) is 0.333.